The predicted molar refractivity (Wildman–Crippen MR) is 61.9 cm³/mol. The Balaban J connectivity index is 1.71. The summed E-state index contributed by atoms with van der Waals surface area (Å²) in [7, 11) is 0. The van der Waals surface area contributed by atoms with Gasteiger partial charge in [-0.05, 0) is 10.4 Å². The van der Waals surface area contributed by atoms with E-state index in [9.17, 15) is 4.79 Å². The largest absolute Gasteiger partial charge is 0.280 e. The lowest BCUT2D eigenvalue weighted by molar-refractivity contribution is -0.683. The highest BCUT2D eigenvalue weighted by atomic mass is 32.2. The molecule has 0 N–H and O–H groups in total. The third-order valence-electron chi connectivity index (χ3n) is 2.06. The first-order valence-corrected chi connectivity index (χ1v) is 6.13. The molecule has 2 aromatic rings. The Morgan fingerprint density at radius 3 is 2.82 bits per heavy atom. The van der Waals surface area contributed by atoms with Crippen LogP contribution in [0.3, 0.4) is 0 Å². The van der Waals surface area contributed by atoms with Crippen molar-refractivity contribution < 1.29 is 9.36 Å². The van der Waals surface area contributed by atoms with Crippen LogP contribution >= 0.6 is 11.8 Å². The van der Waals surface area contributed by atoms with Gasteiger partial charge in [0.2, 0.25) is 6.54 Å². The van der Waals surface area contributed by atoms with Crippen molar-refractivity contribution in [2.75, 3.05) is 5.75 Å². The fraction of sp³-hybridized carbons (Fsp3) is 0.300. The minimum atomic E-state index is 0.134. The van der Waals surface area contributed by atoms with Gasteiger partial charge in [-0.15, -0.1) is 5.10 Å². The monoisotopic (exact) mass is 250 g/mol. The summed E-state index contributed by atoms with van der Waals surface area (Å²) < 4.78 is 3.46. The van der Waals surface area contributed by atoms with E-state index in [1.807, 2.05) is 35.2 Å². The third-order valence-corrected chi connectivity index (χ3v) is 2.90. The van der Waals surface area contributed by atoms with Gasteiger partial charge in [0.25, 0.3) is 5.12 Å². The maximum atomic E-state index is 11.6. The molecule has 0 aliphatic rings. The lowest BCUT2D eigenvalue weighted by atomic mass is 10.5. The molecule has 7 heteroatoms. The van der Waals surface area contributed by atoms with Crippen molar-refractivity contribution in [1.82, 2.24) is 20.2 Å². The topological polar surface area (TPSA) is 64.5 Å². The van der Waals surface area contributed by atoms with Crippen molar-refractivity contribution in [3.05, 3.63) is 36.9 Å². The number of rotatable bonds is 5. The van der Waals surface area contributed by atoms with Crippen LogP contribution in [0, 0.1) is 0 Å². The number of hydrogen-bond donors (Lipinski definition) is 0. The molecule has 0 radical (unpaired) electrons. The number of thioether (sulfide) groups is 1. The molecule has 2 rings (SSSR count). The highest BCUT2D eigenvalue weighted by molar-refractivity contribution is 8.13. The van der Waals surface area contributed by atoms with E-state index in [1.54, 1.807) is 4.68 Å². The Hall–Kier alpha value is -1.76. The van der Waals surface area contributed by atoms with Crippen molar-refractivity contribution in [2.24, 2.45) is 0 Å². The van der Waals surface area contributed by atoms with Gasteiger partial charge < -0.3 is 0 Å². The van der Waals surface area contributed by atoms with Gasteiger partial charge in [0, 0.05) is 17.9 Å². The van der Waals surface area contributed by atoms with Crippen LogP contribution in [0.4, 0.5) is 0 Å². The van der Waals surface area contributed by atoms with E-state index in [-0.39, 0.29) is 5.12 Å². The summed E-state index contributed by atoms with van der Waals surface area (Å²) in [6.07, 6.45) is 5.29. The third kappa shape index (κ3) is 3.95. The summed E-state index contributed by atoms with van der Waals surface area (Å²) >= 11 is 1.29. The average molecular weight is 250 g/mol. The van der Waals surface area contributed by atoms with Crippen molar-refractivity contribution in [1.29, 1.82) is 0 Å². The average Bonchev–Trinajstić information content (AvgIpc) is 2.83. The number of carbonyl (C=O) groups excluding carboxylic acids is 1. The standard InChI is InChI=1S/C10H12N5OS/c16-10(8-14-4-2-1-3-5-14)17-7-6-15-9-11-12-13-15/h1-5,9H,6-8H2/q+1. The number of aromatic nitrogens is 5. The first kappa shape index (κ1) is 11.7. The maximum absolute atomic E-state index is 11.6. The van der Waals surface area contributed by atoms with E-state index < -0.39 is 0 Å². The second kappa shape index (κ2) is 6.09. The first-order chi connectivity index (χ1) is 8.34. The molecular weight excluding hydrogens is 238 g/mol. The van der Waals surface area contributed by atoms with Crippen molar-refractivity contribution in [3.63, 3.8) is 0 Å². The normalized spacial score (nSPS) is 10.4. The van der Waals surface area contributed by atoms with Crippen molar-refractivity contribution in [2.45, 2.75) is 13.1 Å². The first-order valence-electron chi connectivity index (χ1n) is 5.15. The fourth-order valence-electron chi connectivity index (χ4n) is 1.27. The molecule has 2 aromatic heterocycles. The van der Waals surface area contributed by atoms with Crippen LogP contribution in [0.1, 0.15) is 0 Å². The van der Waals surface area contributed by atoms with E-state index in [1.165, 1.54) is 18.1 Å². The number of carbonyl (C=O) groups is 1. The van der Waals surface area contributed by atoms with Crippen LogP contribution in [0.25, 0.3) is 0 Å². The number of aryl methyl sites for hydroxylation is 1. The van der Waals surface area contributed by atoms with Gasteiger partial charge in [-0.2, -0.15) is 4.57 Å². The minimum absolute atomic E-state index is 0.134. The Morgan fingerprint density at radius 2 is 2.12 bits per heavy atom. The molecule has 0 spiro atoms. The number of tetrazole rings is 1. The van der Waals surface area contributed by atoms with Gasteiger partial charge >= 0.3 is 0 Å². The SMILES string of the molecule is O=C(C[n+]1ccccc1)SCCn1cnnn1. The number of hydrogen-bond acceptors (Lipinski definition) is 5. The zero-order valence-electron chi connectivity index (χ0n) is 9.14. The summed E-state index contributed by atoms with van der Waals surface area (Å²) in [5.41, 5.74) is 0. The van der Waals surface area contributed by atoms with Crippen LogP contribution in [0.5, 0.6) is 0 Å². The highest BCUT2D eigenvalue weighted by Gasteiger charge is 2.09. The summed E-state index contributed by atoms with van der Waals surface area (Å²) in [5, 5.41) is 10.9. The predicted octanol–water partition coefficient (Wildman–Crippen LogP) is -0.0794. The second-order valence-corrected chi connectivity index (χ2v) is 4.49. The van der Waals surface area contributed by atoms with E-state index in [0.717, 1.165) is 0 Å². The lowest BCUT2D eigenvalue weighted by Crippen LogP contribution is -2.35. The molecule has 2 heterocycles. The summed E-state index contributed by atoms with van der Waals surface area (Å²) in [4.78, 5) is 11.6. The van der Waals surface area contributed by atoms with Crippen LogP contribution in [-0.4, -0.2) is 31.1 Å². The Bertz CT molecular complexity index is 459. The van der Waals surface area contributed by atoms with Crippen LogP contribution < -0.4 is 4.57 Å². The molecule has 0 fully saturated rings. The maximum Gasteiger partial charge on any atom is 0.253 e. The van der Waals surface area contributed by atoms with Gasteiger partial charge in [0.15, 0.2) is 12.4 Å². The molecule has 0 atom stereocenters. The van der Waals surface area contributed by atoms with Crippen LogP contribution in [0.2, 0.25) is 0 Å². The number of pyridine rings is 1. The fourth-order valence-corrected chi connectivity index (χ4v) is 2.02. The van der Waals surface area contributed by atoms with E-state index in [4.69, 9.17) is 0 Å². The molecule has 0 saturated carbocycles. The van der Waals surface area contributed by atoms with Gasteiger partial charge in [-0.1, -0.05) is 17.8 Å². The van der Waals surface area contributed by atoms with Crippen LogP contribution in [0.15, 0.2) is 36.9 Å². The summed E-state index contributed by atoms with van der Waals surface area (Å²) in [5.74, 6) is 0.678. The van der Waals surface area contributed by atoms with Gasteiger partial charge in [0.05, 0.1) is 6.54 Å². The van der Waals surface area contributed by atoms with Crippen LogP contribution in [-0.2, 0) is 17.9 Å². The zero-order valence-corrected chi connectivity index (χ0v) is 9.95. The smallest absolute Gasteiger partial charge is 0.253 e. The molecule has 0 aromatic carbocycles. The molecular formula is C10H12N5OS+. The van der Waals surface area contributed by atoms with Crippen molar-refractivity contribution >= 4 is 16.9 Å². The molecule has 17 heavy (non-hydrogen) atoms. The molecule has 0 aliphatic heterocycles. The molecule has 0 aliphatic carbocycles. The molecule has 0 saturated heterocycles. The van der Waals surface area contributed by atoms with E-state index >= 15 is 0 Å². The Labute approximate surface area is 103 Å². The quantitative estimate of drug-likeness (QED) is 0.695. The van der Waals surface area contributed by atoms with E-state index in [2.05, 4.69) is 15.5 Å². The Kier molecular flexibility index (Phi) is 4.20. The van der Waals surface area contributed by atoms with Crippen molar-refractivity contribution in [3.8, 4) is 0 Å². The van der Waals surface area contributed by atoms with Gasteiger partial charge in [-0.3, -0.25) is 4.79 Å². The summed E-state index contributed by atoms with van der Waals surface area (Å²) in [6.45, 7) is 1.03. The number of nitrogens with zero attached hydrogens (tertiary/aromatic N) is 5. The molecule has 0 amide bonds. The molecule has 0 bridgehead atoms. The van der Waals surface area contributed by atoms with E-state index in [0.29, 0.717) is 18.8 Å². The second-order valence-electron chi connectivity index (χ2n) is 3.34. The molecule has 0 unspecified atom stereocenters. The lowest BCUT2D eigenvalue weighted by Gasteiger charge is -1.98. The highest BCUT2D eigenvalue weighted by Crippen LogP contribution is 2.02. The molecule has 6 nitrogen and oxygen atoms in total. The zero-order chi connectivity index (χ0) is 11.9. The minimum Gasteiger partial charge on any atom is -0.280 e. The Morgan fingerprint density at radius 1 is 1.29 bits per heavy atom. The van der Waals surface area contributed by atoms with Gasteiger partial charge in [-0.25, -0.2) is 4.68 Å². The summed E-state index contributed by atoms with van der Waals surface area (Å²) in [6, 6.07) is 5.73. The van der Waals surface area contributed by atoms with Gasteiger partial charge in [0.1, 0.15) is 6.33 Å². The molecule has 88 valence electrons.